The van der Waals surface area contributed by atoms with Gasteiger partial charge in [-0.2, -0.15) is 0 Å². The Kier molecular flexibility index (Phi) is 4.48. The molecule has 0 aliphatic rings. The highest BCUT2D eigenvalue weighted by Gasteiger charge is 2.17. The van der Waals surface area contributed by atoms with Crippen molar-refractivity contribution in [2.75, 3.05) is 6.61 Å². The third-order valence-corrected chi connectivity index (χ3v) is 3.11. The lowest BCUT2D eigenvalue weighted by atomic mass is 10.0. The van der Waals surface area contributed by atoms with Crippen LogP contribution in [0.15, 0.2) is 15.7 Å². The average Bonchev–Trinajstić information content (AvgIpc) is 2.29. The standard InChI is InChI=1S/C12H21N3O3/c1-12(2,5-6-16)13-8-9-7-10(17)15(4)11(18)14(9)3/h7,13,16H,5-6,8H2,1-4H3. The van der Waals surface area contributed by atoms with Crippen LogP contribution in [0.2, 0.25) is 0 Å². The number of hydrogen-bond acceptors (Lipinski definition) is 4. The van der Waals surface area contributed by atoms with E-state index in [4.69, 9.17) is 5.11 Å². The summed E-state index contributed by atoms with van der Waals surface area (Å²) in [5, 5.41) is 12.2. The predicted octanol–water partition coefficient (Wildman–Crippen LogP) is -0.665. The Hall–Kier alpha value is -1.40. The average molecular weight is 255 g/mol. The number of aromatic nitrogens is 2. The molecule has 2 N–H and O–H groups in total. The Morgan fingerprint density at radius 1 is 1.28 bits per heavy atom. The highest BCUT2D eigenvalue weighted by Crippen LogP contribution is 2.08. The summed E-state index contributed by atoms with van der Waals surface area (Å²) in [4.78, 5) is 23.3. The fraction of sp³-hybridized carbons (Fsp3) is 0.667. The van der Waals surface area contributed by atoms with Gasteiger partial charge in [0.2, 0.25) is 0 Å². The summed E-state index contributed by atoms with van der Waals surface area (Å²) >= 11 is 0. The molecule has 1 rings (SSSR count). The molecule has 6 heteroatoms. The van der Waals surface area contributed by atoms with Crippen molar-refractivity contribution in [2.24, 2.45) is 14.1 Å². The van der Waals surface area contributed by atoms with Gasteiger partial charge in [-0.1, -0.05) is 0 Å². The molecule has 102 valence electrons. The molecule has 0 aromatic carbocycles. The van der Waals surface area contributed by atoms with Gasteiger partial charge in [0.05, 0.1) is 0 Å². The zero-order valence-electron chi connectivity index (χ0n) is 11.4. The minimum Gasteiger partial charge on any atom is -0.396 e. The van der Waals surface area contributed by atoms with Crippen LogP contribution in [-0.4, -0.2) is 26.4 Å². The second-order valence-corrected chi connectivity index (χ2v) is 5.09. The van der Waals surface area contributed by atoms with Gasteiger partial charge in [-0.05, 0) is 20.3 Å². The molecule has 0 saturated heterocycles. The molecular weight excluding hydrogens is 234 g/mol. The van der Waals surface area contributed by atoms with Crippen LogP contribution >= 0.6 is 0 Å². The Labute approximate surface area is 106 Å². The second-order valence-electron chi connectivity index (χ2n) is 5.09. The van der Waals surface area contributed by atoms with Crippen molar-refractivity contribution >= 4 is 0 Å². The van der Waals surface area contributed by atoms with E-state index >= 15 is 0 Å². The van der Waals surface area contributed by atoms with Crippen molar-refractivity contribution in [3.8, 4) is 0 Å². The van der Waals surface area contributed by atoms with E-state index in [9.17, 15) is 9.59 Å². The van der Waals surface area contributed by atoms with E-state index in [1.807, 2.05) is 13.8 Å². The highest BCUT2D eigenvalue weighted by atomic mass is 16.3. The van der Waals surface area contributed by atoms with Crippen LogP contribution in [0.25, 0.3) is 0 Å². The van der Waals surface area contributed by atoms with Gasteiger partial charge in [-0.3, -0.25) is 13.9 Å². The van der Waals surface area contributed by atoms with E-state index in [2.05, 4.69) is 5.32 Å². The first kappa shape index (κ1) is 14.7. The van der Waals surface area contributed by atoms with Gasteiger partial charge in [0, 0.05) is 44.5 Å². The van der Waals surface area contributed by atoms with E-state index in [1.54, 1.807) is 7.05 Å². The van der Waals surface area contributed by atoms with E-state index < -0.39 is 0 Å². The summed E-state index contributed by atoms with van der Waals surface area (Å²) in [5.41, 5.74) is -0.255. The molecule has 1 heterocycles. The maximum Gasteiger partial charge on any atom is 0.330 e. The van der Waals surface area contributed by atoms with Gasteiger partial charge >= 0.3 is 5.69 Å². The van der Waals surface area contributed by atoms with Crippen molar-refractivity contribution in [2.45, 2.75) is 32.4 Å². The van der Waals surface area contributed by atoms with Crippen molar-refractivity contribution < 1.29 is 5.11 Å². The SMILES string of the molecule is Cn1c(CNC(C)(C)CCO)cc(=O)n(C)c1=O. The molecule has 0 aliphatic heterocycles. The van der Waals surface area contributed by atoms with Crippen LogP contribution in [0.3, 0.4) is 0 Å². The third-order valence-electron chi connectivity index (χ3n) is 3.11. The third kappa shape index (κ3) is 3.30. The Balaban J connectivity index is 2.94. The zero-order valence-corrected chi connectivity index (χ0v) is 11.4. The van der Waals surface area contributed by atoms with Crippen molar-refractivity contribution in [1.29, 1.82) is 0 Å². The summed E-state index contributed by atoms with van der Waals surface area (Å²) < 4.78 is 2.52. The molecule has 0 atom stereocenters. The van der Waals surface area contributed by atoms with E-state index in [0.717, 1.165) is 4.57 Å². The number of aliphatic hydroxyl groups excluding tert-OH is 1. The minimum absolute atomic E-state index is 0.0927. The summed E-state index contributed by atoms with van der Waals surface area (Å²) in [6, 6.07) is 1.45. The molecule has 6 nitrogen and oxygen atoms in total. The molecule has 1 aromatic rings. The van der Waals surface area contributed by atoms with E-state index in [-0.39, 0.29) is 23.4 Å². The highest BCUT2D eigenvalue weighted by molar-refractivity contribution is 5.02. The quantitative estimate of drug-likeness (QED) is 0.732. The Morgan fingerprint density at radius 3 is 2.44 bits per heavy atom. The molecule has 0 bridgehead atoms. The largest absolute Gasteiger partial charge is 0.396 e. The number of nitrogens with one attached hydrogen (secondary N) is 1. The van der Waals surface area contributed by atoms with Gasteiger partial charge in [0.25, 0.3) is 5.56 Å². The summed E-state index contributed by atoms with van der Waals surface area (Å²) in [7, 11) is 3.09. The topological polar surface area (TPSA) is 76.3 Å². The first-order chi connectivity index (χ1) is 8.28. The summed E-state index contributed by atoms with van der Waals surface area (Å²) in [6.45, 7) is 4.43. The van der Waals surface area contributed by atoms with Crippen LogP contribution in [0.5, 0.6) is 0 Å². The van der Waals surface area contributed by atoms with Gasteiger partial charge in [0.15, 0.2) is 0 Å². The molecule has 1 aromatic heterocycles. The molecule has 0 fully saturated rings. The first-order valence-corrected chi connectivity index (χ1v) is 5.90. The smallest absolute Gasteiger partial charge is 0.330 e. The van der Waals surface area contributed by atoms with Crippen molar-refractivity contribution in [1.82, 2.24) is 14.5 Å². The summed E-state index contributed by atoms with van der Waals surface area (Å²) in [5.74, 6) is 0. The maximum atomic E-state index is 11.7. The van der Waals surface area contributed by atoms with Gasteiger partial charge in [0.1, 0.15) is 0 Å². The monoisotopic (exact) mass is 255 g/mol. The van der Waals surface area contributed by atoms with Crippen LogP contribution in [0.1, 0.15) is 26.0 Å². The number of nitrogens with zero attached hydrogens (tertiary/aromatic N) is 2. The van der Waals surface area contributed by atoms with Crippen LogP contribution < -0.4 is 16.6 Å². The number of hydrogen-bond donors (Lipinski definition) is 2. The van der Waals surface area contributed by atoms with Gasteiger partial charge in [-0.25, -0.2) is 4.79 Å². The maximum absolute atomic E-state index is 11.7. The molecule has 0 unspecified atom stereocenters. The summed E-state index contributed by atoms with van der Waals surface area (Å²) in [6.07, 6.45) is 0.603. The lowest BCUT2D eigenvalue weighted by Crippen LogP contribution is -2.43. The molecule has 0 saturated carbocycles. The molecular formula is C12H21N3O3. The fourth-order valence-electron chi connectivity index (χ4n) is 1.65. The normalized spacial score (nSPS) is 11.8. The van der Waals surface area contributed by atoms with E-state index in [0.29, 0.717) is 18.7 Å². The van der Waals surface area contributed by atoms with Crippen molar-refractivity contribution in [3.05, 3.63) is 32.6 Å². The molecule has 18 heavy (non-hydrogen) atoms. The second kappa shape index (κ2) is 5.49. The Bertz CT molecular complexity index is 528. The Morgan fingerprint density at radius 2 is 1.89 bits per heavy atom. The van der Waals surface area contributed by atoms with Crippen molar-refractivity contribution in [3.63, 3.8) is 0 Å². The fourth-order valence-corrected chi connectivity index (χ4v) is 1.65. The molecule has 0 amide bonds. The van der Waals surface area contributed by atoms with Crippen LogP contribution in [-0.2, 0) is 20.6 Å². The first-order valence-electron chi connectivity index (χ1n) is 5.90. The lowest BCUT2D eigenvalue weighted by molar-refractivity contribution is 0.229. The molecule has 0 spiro atoms. The van der Waals surface area contributed by atoms with Crippen LogP contribution in [0.4, 0.5) is 0 Å². The van der Waals surface area contributed by atoms with E-state index in [1.165, 1.54) is 17.7 Å². The number of rotatable bonds is 5. The van der Waals surface area contributed by atoms with Crippen LogP contribution in [0, 0.1) is 0 Å². The molecule has 0 aliphatic carbocycles. The number of aliphatic hydroxyl groups is 1. The predicted molar refractivity (Wildman–Crippen MR) is 69.5 cm³/mol. The van der Waals surface area contributed by atoms with Gasteiger partial charge in [-0.15, -0.1) is 0 Å². The van der Waals surface area contributed by atoms with Gasteiger partial charge < -0.3 is 10.4 Å². The minimum atomic E-state index is -0.334. The zero-order chi connectivity index (χ0) is 13.9. The lowest BCUT2D eigenvalue weighted by Gasteiger charge is -2.26. The molecule has 0 radical (unpaired) electrons.